The number of anilines is 1. The molecule has 0 aromatic heterocycles. The molecular formula is C14H21N3O3. The Morgan fingerprint density at radius 2 is 2.05 bits per heavy atom. The van der Waals surface area contributed by atoms with E-state index in [9.17, 15) is 9.59 Å². The predicted molar refractivity (Wildman–Crippen MR) is 77.6 cm³/mol. The number of hydrogen-bond acceptors (Lipinski definition) is 3. The van der Waals surface area contributed by atoms with Crippen molar-refractivity contribution in [2.24, 2.45) is 11.1 Å². The number of primary amides is 1. The summed E-state index contributed by atoms with van der Waals surface area (Å²) in [4.78, 5) is 22.9. The van der Waals surface area contributed by atoms with Crippen LogP contribution in [0.4, 0.5) is 10.5 Å². The molecule has 0 bridgehead atoms. The molecule has 1 aromatic carbocycles. The van der Waals surface area contributed by atoms with Gasteiger partial charge >= 0.3 is 6.03 Å². The number of amides is 3. The first-order valence-electron chi connectivity index (χ1n) is 6.43. The van der Waals surface area contributed by atoms with Crippen molar-refractivity contribution in [3.05, 3.63) is 24.3 Å². The minimum absolute atomic E-state index is 0.166. The predicted octanol–water partition coefficient (Wildman–Crippen LogP) is 1.72. The standard InChI is InChI=1S/C14H21N3O3/c1-4-20-11-7-5-6-10(8-11)17-13(19)16-9-14(2,3)12(15)18/h5-8H,4,9H2,1-3H3,(H2,15,18)(H2,16,17,19). The second kappa shape index (κ2) is 6.79. The number of ether oxygens (including phenoxy) is 1. The average Bonchev–Trinajstić information content (AvgIpc) is 2.37. The smallest absolute Gasteiger partial charge is 0.319 e. The lowest BCUT2D eigenvalue weighted by atomic mass is 9.93. The second-order valence-corrected chi connectivity index (χ2v) is 5.02. The molecule has 110 valence electrons. The number of urea groups is 1. The summed E-state index contributed by atoms with van der Waals surface area (Å²) in [6.45, 7) is 5.96. The molecule has 0 atom stereocenters. The molecule has 0 spiro atoms. The van der Waals surface area contributed by atoms with Crippen molar-refractivity contribution >= 4 is 17.6 Å². The van der Waals surface area contributed by atoms with Crippen molar-refractivity contribution < 1.29 is 14.3 Å². The highest BCUT2D eigenvalue weighted by Crippen LogP contribution is 2.17. The molecule has 4 N–H and O–H groups in total. The molecule has 1 aromatic rings. The molecule has 0 aliphatic rings. The Balaban J connectivity index is 2.54. The minimum Gasteiger partial charge on any atom is -0.494 e. The van der Waals surface area contributed by atoms with Gasteiger partial charge in [0, 0.05) is 18.3 Å². The number of nitrogens with one attached hydrogen (secondary N) is 2. The van der Waals surface area contributed by atoms with E-state index in [-0.39, 0.29) is 6.54 Å². The van der Waals surface area contributed by atoms with Crippen LogP contribution in [0.1, 0.15) is 20.8 Å². The number of benzene rings is 1. The van der Waals surface area contributed by atoms with E-state index in [4.69, 9.17) is 10.5 Å². The largest absolute Gasteiger partial charge is 0.494 e. The van der Waals surface area contributed by atoms with Crippen LogP contribution in [-0.2, 0) is 4.79 Å². The van der Waals surface area contributed by atoms with E-state index in [0.717, 1.165) is 0 Å². The van der Waals surface area contributed by atoms with Gasteiger partial charge in [0.15, 0.2) is 0 Å². The first-order chi connectivity index (χ1) is 9.35. The Kier molecular flexibility index (Phi) is 5.37. The highest BCUT2D eigenvalue weighted by atomic mass is 16.5. The van der Waals surface area contributed by atoms with Gasteiger partial charge in [0.05, 0.1) is 12.0 Å². The molecule has 0 radical (unpaired) electrons. The molecule has 6 nitrogen and oxygen atoms in total. The third kappa shape index (κ3) is 4.79. The molecule has 0 saturated heterocycles. The fourth-order valence-electron chi connectivity index (χ4n) is 1.39. The van der Waals surface area contributed by atoms with Gasteiger partial charge < -0.3 is 21.1 Å². The maximum Gasteiger partial charge on any atom is 0.319 e. The van der Waals surface area contributed by atoms with Crippen molar-refractivity contribution in [1.29, 1.82) is 0 Å². The number of hydrogen-bond donors (Lipinski definition) is 3. The van der Waals surface area contributed by atoms with Crippen LogP contribution in [0.3, 0.4) is 0 Å². The summed E-state index contributed by atoms with van der Waals surface area (Å²) < 4.78 is 5.34. The fraction of sp³-hybridized carbons (Fsp3) is 0.429. The van der Waals surface area contributed by atoms with E-state index in [0.29, 0.717) is 18.0 Å². The molecule has 1 rings (SSSR count). The monoisotopic (exact) mass is 279 g/mol. The molecule has 0 unspecified atom stereocenters. The van der Waals surface area contributed by atoms with Gasteiger partial charge in [-0.25, -0.2) is 4.79 Å². The average molecular weight is 279 g/mol. The number of carbonyl (C=O) groups is 2. The molecule has 0 aliphatic heterocycles. The number of carbonyl (C=O) groups excluding carboxylic acids is 2. The van der Waals surface area contributed by atoms with Crippen LogP contribution in [0.5, 0.6) is 5.75 Å². The van der Waals surface area contributed by atoms with Gasteiger partial charge in [-0.1, -0.05) is 6.07 Å². The molecule has 0 aliphatic carbocycles. The highest BCUT2D eigenvalue weighted by molar-refractivity contribution is 5.90. The van der Waals surface area contributed by atoms with Gasteiger partial charge in [-0.2, -0.15) is 0 Å². The van der Waals surface area contributed by atoms with Crippen LogP contribution in [0.2, 0.25) is 0 Å². The summed E-state index contributed by atoms with van der Waals surface area (Å²) in [5.41, 5.74) is 5.06. The molecule has 0 saturated carbocycles. The third-order valence-electron chi connectivity index (χ3n) is 2.76. The molecular weight excluding hydrogens is 258 g/mol. The van der Waals surface area contributed by atoms with Crippen molar-refractivity contribution in [1.82, 2.24) is 5.32 Å². The number of nitrogens with two attached hydrogens (primary N) is 1. The van der Waals surface area contributed by atoms with E-state index in [1.165, 1.54) is 0 Å². The van der Waals surface area contributed by atoms with Crippen LogP contribution in [0, 0.1) is 5.41 Å². The fourth-order valence-corrected chi connectivity index (χ4v) is 1.39. The van der Waals surface area contributed by atoms with E-state index >= 15 is 0 Å². The van der Waals surface area contributed by atoms with Crippen LogP contribution >= 0.6 is 0 Å². The Labute approximate surface area is 118 Å². The summed E-state index contributed by atoms with van der Waals surface area (Å²) in [6, 6.07) is 6.67. The summed E-state index contributed by atoms with van der Waals surface area (Å²) >= 11 is 0. The SMILES string of the molecule is CCOc1cccc(NC(=O)NCC(C)(C)C(N)=O)c1. The normalized spacial score (nSPS) is 10.8. The van der Waals surface area contributed by atoms with E-state index < -0.39 is 17.4 Å². The zero-order valence-electron chi connectivity index (χ0n) is 12.0. The van der Waals surface area contributed by atoms with E-state index in [1.54, 1.807) is 32.0 Å². The topological polar surface area (TPSA) is 93.4 Å². The Bertz CT molecular complexity index is 486. The second-order valence-electron chi connectivity index (χ2n) is 5.02. The van der Waals surface area contributed by atoms with Gasteiger partial charge in [-0.3, -0.25) is 4.79 Å². The molecule has 6 heteroatoms. The van der Waals surface area contributed by atoms with Gasteiger partial charge in [0.25, 0.3) is 0 Å². The van der Waals surface area contributed by atoms with Gasteiger partial charge in [0.2, 0.25) is 5.91 Å². The van der Waals surface area contributed by atoms with Crippen LogP contribution in [-0.4, -0.2) is 25.1 Å². The molecule has 0 fully saturated rings. The van der Waals surface area contributed by atoms with Crippen molar-refractivity contribution in [2.45, 2.75) is 20.8 Å². The Morgan fingerprint density at radius 1 is 1.35 bits per heavy atom. The van der Waals surface area contributed by atoms with Gasteiger partial charge in [0.1, 0.15) is 5.75 Å². The lowest BCUT2D eigenvalue weighted by Crippen LogP contribution is -2.43. The van der Waals surface area contributed by atoms with E-state index in [2.05, 4.69) is 10.6 Å². The molecule has 20 heavy (non-hydrogen) atoms. The lowest BCUT2D eigenvalue weighted by Gasteiger charge is -2.20. The van der Waals surface area contributed by atoms with Gasteiger partial charge in [-0.05, 0) is 32.9 Å². The molecule has 3 amide bonds. The van der Waals surface area contributed by atoms with Crippen molar-refractivity contribution in [3.8, 4) is 5.75 Å². The maximum absolute atomic E-state index is 11.7. The van der Waals surface area contributed by atoms with Crippen molar-refractivity contribution in [3.63, 3.8) is 0 Å². The lowest BCUT2D eigenvalue weighted by molar-refractivity contribution is -0.125. The maximum atomic E-state index is 11.7. The third-order valence-corrected chi connectivity index (χ3v) is 2.76. The first kappa shape index (κ1) is 15.8. The first-order valence-corrected chi connectivity index (χ1v) is 6.43. The Hall–Kier alpha value is -2.24. The summed E-state index contributed by atoms with van der Waals surface area (Å²) in [5.74, 6) is 0.221. The quantitative estimate of drug-likeness (QED) is 0.740. The number of rotatable bonds is 6. The highest BCUT2D eigenvalue weighted by Gasteiger charge is 2.25. The summed E-state index contributed by atoms with van der Waals surface area (Å²) in [7, 11) is 0. The summed E-state index contributed by atoms with van der Waals surface area (Å²) in [5, 5.41) is 5.28. The zero-order chi connectivity index (χ0) is 15.2. The zero-order valence-corrected chi connectivity index (χ0v) is 12.0. The van der Waals surface area contributed by atoms with Crippen LogP contribution in [0.25, 0.3) is 0 Å². The molecule has 0 heterocycles. The van der Waals surface area contributed by atoms with E-state index in [1.807, 2.05) is 13.0 Å². The Morgan fingerprint density at radius 3 is 2.65 bits per heavy atom. The summed E-state index contributed by atoms with van der Waals surface area (Å²) in [6.07, 6.45) is 0. The van der Waals surface area contributed by atoms with Crippen molar-refractivity contribution in [2.75, 3.05) is 18.5 Å². The minimum atomic E-state index is -0.787. The van der Waals surface area contributed by atoms with Crippen LogP contribution < -0.4 is 21.1 Å². The van der Waals surface area contributed by atoms with Gasteiger partial charge in [-0.15, -0.1) is 0 Å². The van der Waals surface area contributed by atoms with Crippen LogP contribution in [0.15, 0.2) is 24.3 Å².